The molecule has 0 fully saturated rings. The Bertz CT molecular complexity index is 1310. The van der Waals surface area contributed by atoms with Gasteiger partial charge in [0.1, 0.15) is 36.2 Å². The van der Waals surface area contributed by atoms with Crippen LogP contribution in [0, 0.1) is 0 Å². The maximum absolute atomic E-state index is 13.0. The van der Waals surface area contributed by atoms with Crippen LogP contribution in [0.5, 0.6) is 23.0 Å². The Labute approximate surface area is 211 Å². The van der Waals surface area contributed by atoms with E-state index in [0.717, 1.165) is 16.7 Å². The Kier molecular flexibility index (Phi) is 8.39. The van der Waals surface area contributed by atoms with Gasteiger partial charge in [0, 0.05) is 17.7 Å². The minimum absolute atomic E-state index is 0.0308. The highest BCUT2D eigenvalue weighted by atomic mass is 16.5. The van der Waals surface area contributed by atoms with E-state index in [1.165, 1.54) is 18.2 Å². The molecular formula is C31H28O5. The van der Waals surface area contributed by atoms with Gasteiger partial charge in [-0.3, -0.25) is 4.79 Å². The third kappa shape index (κ3) is 6.76. The van der Waals surface area contributed by atoms with E-state index < -0.39 is 0 Å². The predicted molar refractivity (Wildman–Crippen MR) is 141 cm³/mol. The van der Waals surface area contributed by atoms with Gasteiger partial charge in [-0.25, -0.2) is 0 Å². The summed E-state index contributed by atoms with van der Waals surface area (Å²) in [6.07, 6.45) is 3.19. The van der Waals surface area contributed by atoms with Crippen molar-refractivity contribution in [3.05, 3.63) is 125 Å². The summed E-state index contributed by atoms with van der Waals surface area (Å²) < 4.78 is 17.6. The van der Waals surface area contributed by atoms with Crippen LogP contribution in [0.2, 0.25) is 0 Å². The number of carbonyl (C=O) groups is 1. The minimum atomic E-state index is -0.245. The second-order valence-electron chi connectivity index (χ2n) is 8.06. The number of phenolic OH excluding ortho intramolecular Hbond substituents is 1. The SMILES string of the molecule is CCOc1cc(OCc2ccccc2)ccc1C=CC(=O)c1ccc(O)cc1OCc1ccccc1. The molecule has 0 bridgehead atoms. The maximum Gasteiger partial charge on any atom is 0.189 e. The number of carbonyl (C=O) groups excluding carboxylic acids is 1. The standard InChI is InChI=1S/C31H28O5/c1-2-34-30-20-27(35-21-23-9-5-3-6-10-23)16-13-25(30)14-18-29(33)28-17-15-26(32)19-31(28)36-22-24-11-7-4-8-12-24/h3-20,32H,2,21-22H2,1H3. The summed E-state index contributed by atoms with van der Waals surface area (Å²) >= 11 is 0. The Morgan fingerprint density at radius 2 is 1.42 bits per heavy atom. The van der Waals surface area contributed by atoms with Gasteiger partial charge in [0.2, 0.25) is 0 Å². The molecule has 5 heteroatoms. The van der Waals surface area contributed by atoms with Crippen LogP contribution in [0.15, 0.2) is 103 Å². The molecule has 0 aliphatic carbocycles. The number of hydrogen-bond acceptors (Lipinski definition) is 5. The molecule has 0 aliphatic rings. The lowest BCUT2D eigenvalue weighted by atomic mass is 10.1. The van der Waals surface area contributed by atoms with Crippen LogP contribution in [0.4, 0.5) is 0 Å². The molecule has 5 nitrogen and oxygen atoms in total. The Hall–Kier alpha value is -4.51. The van der Waals surface area contributed by atoms with Gasteiger partial charge in [0.25, 0.3) is 0 Å². The molecule has 0 saturated carbocycles. The number of hydrogen-bond donors (Lipinski definition) is 1. The van der Waals surface area contributed by atoms with E-state index in [0.29, 0.717) is 36.0 Å². The first kappa shape index (κ1) is 24.6. The summed E-state index contributed by atoms with van der Waals surface area (Å²) in [7, 11) is 0. The number of ketones is 1. The third-order valence-corrected chi connectivity index (χ3v) is 5.42. The van der Waals surface area contributed by atoms with E-state index >= 15 is 0 Å². The zero-order valence-electron chi connectivity index (χ0n) is 20.1. The number of rotatable bonds is 11. The molecule has 4 aromatic carbocycles. The van der Waals surface area contributed by atoms with Crippen molar-refractivity contribution in [2.75, 3.05) is 6.61 Å². The van der Waals surface area contributed by atoms with E-state index in [9.17, 15) is 9.90 Å². The van der Waals surface area contributed by atoms with E-state index in [-0.39, 0.29) is 18.1 Å². The monoisotopic (exact) mass is 480 g/mol. The molecule has 0 aromatic heterocycles. The number of benzene rings is 4. The molecule has 0 aliphatic heterocycles. The molecule has 0 heterocycles. The molecule has 0 radical (unpaired) electrons. The summed E-state index contributed by atoms with van der Waals surface area (Å²) in [6, 6.07) is 29.6. The lowest BCUT2D eigenvalue weighted by Crippen LogP contribution is -2.02. The van der Waals surface area contributed by atoms with Crippen molar-refractivity contribution >= 4 is 11.9 Å². The van der Waals surface area contributed by atoms with Crippen LogP contribution < -0.4 is 14.2 Å². The van der Waals surface area contributed by atoms with Gasteiger partial charge < -0.3 is 19.3 Å². The number of ether oxygens (including phenoxy) is 3. The molecule has 0 amide bonds. The molecule has 4 aromatic rings. The van der Waals surface area contributed by atoms with Crippen LogP contribution in [-0.2, 0) is 13.2 Å². The van der Waals surface area contributed by atoms with Crippen LogP contribution in [-0.4, -0.2) is 17.5 Å². The zero-order valence-corrected chi connectivity index (χ0v) is 20.1. The van der Waals surface area contributed by atoms with Gasteiger partial charge in [-0.05, 0) is 54.5 Å². The summed E-state index contributed by atoms with van der Waals surface area (Å²) in [6.45, 7) is 3.12. The predicted octanol–water partition coefficient (Wildman–Crippen LogP) is 6.85. The topological polar surface area (TPSA) is 65.0 Å². The van der Waals surface area contributed by atoms with Crippen LogP contribution in [0.1, 0.15) is 34.0 Å². The summed E-state index contributed by atoms with van der Waals surface area (Å²) in [5.41, 5.74) is 3.15. The quantitative estimate of drug-likeness (QED) is 0.188. The van der Waals surface area contributed by atoms with Crippen molar-refractivity contribution in [3.63, 3.8) is 0 Å². The first-order valence-corrected chi connectivity index (χ1v) is 11.8. The van der Waals surface area contributed by atoms with E-state index in [2.05, 4.69) is 0 Å². The fourth-order valence-corrected chi connectivity index (χ4v) is 3.59. The largest absolute Gasteiger partial charge is 0.508 e. The average Bonchev–Trinajstić information content (AvgIpc) is 2.91. The molecule has 4 rings (SSSR count). The van der Waals surface area contributed by atoms with Crippen molar-refractivity contribution in [1.29, 1.82) is 0 Å². The summed E-state index contributed by atoms with van der Waals surface area (Å²) in [5.74, 6) is 1.41. The summed E-state index contributed by atoms with van der Waals surface area (Å²) in [5, 5.41) is 9.92. The Morgan fingerprint density at radius 1 is 0.750 bits per heavy atom. The van der Waals surface area contributed by atoms with E-state index in [1.54, 1.807) is 12.1 Å². The molecule has 1 N–H and O–H groups in total. The van der Waals surface area contributed by atoms with Crippen LogP contribution >= 0.6 is 0 Å². The smallest absolute Gasteiger partial charge is 0.189 e. The molecule has 0 unspecified atom stereocenters. The molecule has 0 saturated heterocycles. The van der Waals surface area contributed by atoms with Crippen molar-refractivity contribution in [2.24, 2.45) is 0 Å². The average molecular weight is 481 g/mol. The molecule has 0 atom stereocenters. The van der Waals surface area contributed by atoms with Gasteiger partial charge in [-0.15, -0.1) is 0 Å². The van der Waals surface area contributed by atoms with Crippen molar-refractivity contribution < 1.29 is 24.1 Å². The highest BCUT2D eigenvalue weighted by molar-refractivity contribution is 6.08. The first-order chi connectivity index (χ1) is 17.6. The number of phenols is 1. The Balaban J connectivity index is 1.49. The highest BCUT2D eigenvalue weighted by Crippen LogP contribution is 2.29. The van der Waals surface area contributed by atoms with Gasteiger partial charge >= 0.3 is 0 Å². The summed E-state index contributed by atoms with van der Waals surface area (Å²) in [4.78, 5) is 13.0. The Morgan fingerprint density at radius 3 is 2.08 bits per heavy atom. The number of aromatic hydroxyl groups is 1. The fourth-order valence-electron chi connectivity index (χ4n) is 3.59. The van der Waals surface area contributed by atoms with Gasteiger partial charge in [0.05, 0.1) is 12.2 Å². The van der Waals surface area contributed by atoms with E-state index in [1.807, 2.05) is 85.8 Å². The van der Waals surface area contributed by atoms with Gasteiger partial charge in [0.15, 0.2) is 5.78 Å². The van der Waals surface area contributed by atoms with E-state index in [4.69, 9.17) is 14.2 Å². The lowest BCUT2D eigenvalue weighted by Gasteiger charge is -2.12. The van der Waals surface area contributed by atoms with Crippen LogP contribution in [0.3, 0.4) is 0 Å². The lowest BCUT2D eigenvalue weighted by molar-refractivity contribution is 0.104. The molecular weight excluding hydrogens is 452 g/mol. The van der Waals surface area contributed by atoms with Crippen molar-refractivity contribution in [1.82, 2.24) is 0 Å². The second-order valence-corrected chi connectivity index (χ2v) is 8.06. The third-order valence-electron chi connectivity index (χ3n) is 5.42. The maximum atomic E-state index is 13.0. The van der Waals surface area contributed by atoms with Gasteiger partial charge in [-0.2, -0.15) is 0 Å². The normalized spacial score (nSPS) is 10.8. The van der Waals surface area contributed by atoms with Crippen molar-refractivity contribution in [3.8, 4) is 23.0 Å². The highest BCUT2D eigenvalue weighted by Gasteiger charge is 2.13. The fraction of sp³-hybridized carbons (Fsp3) is 0.129. The number of allylic oxidation sites excluding steroid dienone is 1. The second kappa shape index (κ2) is 12.3. The zero-order chi connectivity index (χ0) is 25.2. The first-order valence-electron chi connectivity index (χ1n) is 11.8. The van der Waals surface area contributed by atoms with Crippen LogP contribution in [0.25, 0.3) is 6.08 Å². The minimum Gasteiger partial charge on any atom is -0.508 e. The van der Waals surface area contributed by atoms with Gasteiger partial charge in [-0.1, -0.05) is 60.7 Å². The van der Waals surface area contributed by atoms with Crippen molar-refractivity contribution in [2.45, 2.75) is 20.1 Å². The molecule has 182 valence electrons. The molecule has 36 heavy (non-hydrogen) atoms. The molecule has 0 spiro atoms.